The number of carbonyl (C=O) groups is 2. The number of esters is 1. The standard InChI is InChI=1S/C23H25FN4O3S/c1-4-31-22(30)17-10-6-8-12-19(17)25-20(29)14-32-23-27-26-21(28(23)13-15(2)3)16-9-5-7-11-18(16)24/h5-12,15H,4,13-14H2,1-3H3,(H,25,29). The Balaban J connectivity index is 1.76. The Kier molecular flexibility index (Phi) is 7.99. The maximum Gasteiger partial charge on any atom is 0.340 e. The highest BCUT2D eigenvalue weighted by Gasteiger charge is 2.19. The van der Waals surface area contributed by atoms with E-state index in [2.05, 4.69) is 15.5 Å². The molecule has 0 aliphatic carbocycles. The minimum Gasteiger partial charge on any atom is -0.462 e. The van der Waals surface area contributed by atoms with Crippen molar-refractivity contribution in [2.24, 2.45) is 5.92 Å². The number of amides is 1. The number of hydrogen-bond acceptors (Lipinski definition) is 6. The molecule has 1 aromatic heterocycles. The van der Waals surface area contributed by atoms with E-state index >= 15 is 0 Å². The molecule has 0 aliphatic heterocycles. The van der Waals surface area contributed by atoms with Crippen LogP contribution in [0.3, 0.4) is 0 Å². The SMILES string of the molecule is CCOC(=O)c1ccccc1NC(=O)CSc1nnc(-c2ccccc2F)n1CC(C)C. The van der Waals surface area contributed by atoms with Gasteiger partial charge in [-0.3, -0.25) is 4.79 Å². The fourth-order valence-electron chi connectivity index (χ4n) is 3.06. The fourth-order valence-corrected chi connectivity index (χ4v) is 3.81. The minimum absolute atomic E-state index is 0.0463. The van der Waals surface area contributed by atoms with Crippen molar-refractivity contribution in [2.45, 2.75) is 32.5 Å². The normalized spacial score (nSPS) is 10.9. The van der Waals surface area contributed by atoms with Crippen molar-refractivity contribution in [3.8, 4) is 11.4 Å². The van der Waals surface area contributed by atoms with Crippen LogP contribution < -0.4 is 5.32 Å². The van der Waals surface area contributed by atoms with Gasteiger partial charge in [-0.1, -0.05) is 49.9 Å². The molecule has 1 heterocycles. The van der Waals surface area contributed by atoms with Gasteiger partial charge in [-0.15, -0.1) is 10.2 Å². The molecule has 1 amide bonds. The predicted octanol–water partition coefficient (Wildman–Crippen LogP) is 4.65. The van der Waals surface area contributed by atoms with Crippen LogP contribution in [0.4, 0.5) is 10.1 Å². The van der Waals surface area contributed by atoms with Crippen molar-refractivity contribution in [3.05, 3.63) is 59.9 Å². The minimum atomic E-state index is -0.498. The zero-order valence-corrected chi connectivity index (χ0v) is 19.0. The number of carbonyl (C=O) groups excluding carboxylic acids is 2. The predicted molar refractivity (Wildman–Crippen MR) is 122 cm³/mol. The Morgan fingerprint density at radius 3 is 2.56 bits per heavy atom. The zero-order chi connectivity index (χ0) is 23.1. The van der Waals surface area contributed by atoms with Gasteiger partial charge in [-0.05, 0) is 37.1 Å². The van der Waals surface area contributed by atoms with Crippen LogP contribution in [0.2, 0.25) is 0 Å². The van der Waals surface area contributed by atoms with Crippen molar-refractivity contribution >= 4 is 29.3 Å². The number of anilines is 1. The third-order valence-corrected chi connectivity index (χ3v) is 5.37. The molecule has 0 saturated carbocycles. The van der Waals surface area contributed by atoms with Gasteiger partial charge in [0.1, 0.15) is 5.82 Å². The lowest BCUT2D eigenvalue weighted by atomic mass is 10.2. The van der Waals surface area contributed by atoms with Gasteiger partial charge in [0.2, 0.25) is 5.91 Å². The van der Waals surface area contributed by atoms with Crippen LogP contribution in [0, 0.1) is 11.7 Å². The number of para-hydroxylation sites is 1. The van der Waals surface area contributed by atoms with Crippen LogP contribution in [0.5, 0.6) is 0 Å². The van der Waals surface area contributed by atoms with Crippen LogP contribution in [-0.2, 0) is 16.1 Å². The molecule has 0 bridgehead atoms. The first-order valence-electron chi connectivity index (χ1n) is 10.3. The largest absolute Gasteiger partial charge is 0.462 e. The Morgan fingerprint density at radius 2 is 1.84 bits per heavy atom. The molecule has 0 atom stereocenters. The van der Waals surface area contributed by atoms with Crippen LogP contribution in [-0.4, -0.2) is 39.0 Å². The van der Waals surface area contributed by atoms with E-state index in [1.54, 1.807) is 49.4 Å². The number of hydrogen-bond donors (Lipinski definition) is 1. The molecule has 3 aromatic rings. The van der Waals surface area contributed by atoms with Crippen molar-refractivity contribution in [3.63, 3.8) is 0 Å². The monoisotopic (exact) mass is 456 g/mol. The smallest absolute Gasteiger partial charge is 0.340 e. The van der Waals surface area contributed by atoms with Crippen LogP contribution in [0.15, 0.2) is 53.7 Å². The fraction of sp³-hybridized carbons (Fsp3) is 0.304. The average molecular weight is 457 g/mol. The van der Waals surface area contributed by atoms with E-state index in [9.17, 15) is 14.0 Å². The van der Waals surface area contributed by atoms with E-state index in [1.165, 1.54) is 17.8 Å². The van der Waals surface area contributed by atoms with Crippen LogP contribution in [0.1, 0.15) is 31.1 Å². The molecule has 0 aliphatic rings. The van der Waals surface area contributed by atoms with Crippen molar-refractivity contribution in [1.29, 1.82) is 0 Å². The van der Waals surface area contributed by atoms with E-state index in [0.717, 1.165) is 0 Å². The molecule has 0 fully saturated rings. The number of halogens is 1. The van der Waals surface area contributed by atoms with Gasteiger partial charge >= 0.3 is 5.97 Å². The summed E-state index contributed by atoms with van der Waals surface area (Å²) in [6.07, 6.45) is 0. The number of ether oxygens (including phenoxy) is 1. The molecule has 0 spiro atoms. The summed E-state index contributed by atoms with van der Waals surface area (Å²) < 4.78 is 21.2. The van der Waals surface area contributed by atoms with Crippen LogP contribution in [0.25, 0.3) is 11.4 Å². The number of benzene rings is 2. The maximum absolute atomic E-state index is 14.3. The van der Waals surface area contributed by atoms with Crippen molar-refractivity contribution in [1.82, 2.24) is 14.8 Å². The number of rotatable bonds is 9. The molecule has 9 heteroatoms. The first kappa shape index (κ1) is 23.5. The van der Waals surface area contributed by atoms with Gasteiger partial charge in [-0.25, -0.2) is 9.18 Å². The lowest BCUT2D eigenvalue weighted by Crippen LogP contribution is -2.18. The summed E-state index contributed by atoms with van der Waals surface area (Å²) in [6, 6.07) is 13.1. The van der Waals surface area contributed by atoms with E-state index in [0.29, 0.717) is 28.8 Å². The van der Waals surface area contributed by atoms with Gasteiger partial charge in [0.15, 0.2) is 11.0 Å². The summed E-state index contributed by atoms with van der Waals surface area (Å²) in [4.78, 5) is 24.7. The van der Waals surface area contributed by atoms with Crippen molar-refractivity contribution < 1.29 is 18.7 Å². The second-order valence-electron chi connectivity index (χ2n) is 7.39. The Hall–Kier alpha value is -3.20. The third-order valence-electron chi connectivity index (χ3n) is 4.41. The van der Waals surface area contributed by atoms with Gasteiger partial charge in [0.25, 0.3) is 0 Å². The summed E-state index contributed by atoms with van der Waals surface area (Å²) >= 11 is 1.20. The zero-order valence-electron chi connectivity index (χ0n) is 18.2. The molecule has 0 radical (unpaired) electrons. The summed E-state index contributed by atoms with van der Waals surface area (Å²) in [7, 11) is 0. The highest BCUT2D eigenvalue weighted by Crippen LogP contribution is 2.27. The molecule has 3 rings (SSSR count). The van der Waals surface area contributed by atoms with Gasteiger partial charge in [0, 0.05) is 6.54 Å². The van der Waals surface area contributed by atoms with Crippen LogP contribution >= 0.6 is 11.8 Å². The first-order valence-corrected chi connectivity index (χ1v) is 11.3. The number of thioether (sulfide) groups is 1. The van der Waals surface area contributed by atoms with E-state index in [4.69, 9.17) is 4.74 Å². The molecule has 7 nitrogen and oxygen atoms in total. The second-order valence-corrected chi connectivity index (χ2v) is 8.34. The molecule has 2 aromatic carbocycles. The summed E-state index contributed by atoms with van der Waals surface area (Å²) in [5.41, 5.74) is 1.03. The number of nitrogens with one attached hydrogen (secondary N) is 1. The van der Waals surface area contributed by atoms with E-state index in [1.807, 2.05) is 18.4 Å². The van der Waals surface area contributed by atoms with Crippen molar-refractivity contribution in [2.75, 3.05) is 17.7 Å². The Bertz CT molecular complexity index is 1100. The quantitative estimate of drug-likeness (QED) is 0.373. The maximum atomic E-state index is 14.3. The van der Waals surface area contributed by atoms with Gasteiger partial charge < -0.3 is 14.6 Å². The molecule has 32 heavy (non-hydrogen) atoms. The molecule has 168 valence electrons. The number of aromatic nitrogens is 3. The molecular formula is C23H25FN4O3S. The topological polar surface area (TPSA) is 86.1 Å². The molecule has 1 N–H and O–H groups in total. The van der Waals surface area contributed by atoms with Gasteiger partial charge in [-0.2, -0.15) is 0 Å². The second kappa shape index (κ2) is 10.9. The van der Waals surface area contributed by atoms with Gasteiger partial charge in [0.05, 0.1) is 29.2 Å². The molecule has 0 saturated heterocycles. The van der Waals surface area contributed by atoms with E-state index < -0.39 is 5.97 Å². The average Bonchev–Trinajstić information content (AvgIpc) is 3.14. The van der Waals surface area contributed by atoms with E-state index in [-0.39, 0.29) is 35.6 Å². The first-order chi connectivity index (χ1) is 15.4. The Morgan fingerprint density at radius 1 is 1.12 bits per heavy atom. The number of nitrogens with zero attached hydrogens (tertiary/aromatic N) is 3. The molecule has 0 unspecified atom stereocenters. The summed E-state index contributed by atoms with van der Waals surface area (Å²) in [5.74, 6) is -0.450. The lowest BCUT2D eigenvalue weighted by molar-refractivity contribution is -0.113. The third kappa shape index (κ3) is 5.73. The molecular weight excluding hydrogens is 431 g/mol. The highest BCUT2D eigenvalue weighted by atomic mass is 32.2. The highest BCUT2D eigenvalue weighted by molar-refractivity contribution is 7.99. The summed E-state index contributed by atoms with van der Waals surface area (Å²) in [6.45, 7) is 6.62. The Labute approximate surface area is 190 Å². The summed E-state index contributed by atoms with van der Waals surface area (Å²) in [5, 5.41) is 11.6. The lowest BCUT2D eigenvalue weighted by Gasteiger charge is -2.13.